The van der Waals surface area contributed by atoms with E-state index < -0.39 is 5.95 Å². The molecule has 0 saturated heterocycles. The highest BCUT2D eigenvalue weighted by Crippen LogP contribution is 2.10. The second-order valence-electron chi connectivity index (χ2n) is 5.33. The van der Waals surface area contributed by atoms with E-state index in [1.54, 1.807) is 6.20 Å². The van der Waals surface area contributed by atoms with Gasteiger partial charge in [-0.15, -0.1) is 0 Å². The predicted molar refractivity (Wildman–Crippen MR) is 94.2 cm³/mol. The van der Waals surface area contributed by atoms with E-state index in [4.69, 9.17) is 10.5 Å². The van der Waals surface area contributed by atoms with Gasteiger partial charge in [0.2, 0.25) is 11.8 Å². The smallest absolute Gasteiger partial charge is 0.230 e. The Kier molecular flexibility index (Phi) is 5.22. The molecule has 0 aliphatic rings. The molecule has 0 amide bonds. The summed E-state index contributed by atoms with van der Waals surface area (Å²) in [5.74, 6) is 5.81. The van der Waals surface area contributed by atoms with Gasteiger partial charge in [-0.1, -0.05) is 42.2 Å². The Bertz CT molecular complexity index is 900. The van der Waals surface area contributed by atoms with Crippen LogP contribution in [0.15, 0.2) is 60.8 Å². The van der Waals surface area contributed by atoms with Crippen molar-refractivity contribution in [2.45, 2.75) is 13.0 Å². The highest BCUT2D eigenvalue weighted by molar-refractivity contribution is 5.40. The Balaban J connectivity index is 1.57. The summed E-state index contributed by atoms with van der Waals surface area (Å²) in [6.45, 7) is 0.450. The summed E-state index contributed by atoms with van der Waals surface area (Å²) in [4.78, 5) is 7.65. The molecule has 0 bridgehead atoms. The number of aromatic nitrogens is 2. The Morgan fingerprint density at radius 1 is 1.00 bits per heavy atom. The third-order valence-electron chi connectivity index (χ3n) is 3.43. The van der Waals surface area contributed by atoms with Gasteiger partial charge in [-0.3, -0.25) is 0 Å². The predicted octanol–water partition coefficient (Wildman–Crippen LogP) is 3.37. The fraction of sp³-hybridized carbons (Fsp3) is 0.100. The minimum absolute atomic E-state index is 0.145. The van der Waals surface area contributed by atoms with E-state index >= 15 is 0 Å². The van der Waals surface area contributed by atoms with E-state index in [1.165, 1.54) is 12.1 Å². The molecule has 0 saturated carbocycles. The normalized spacial score (nSPS) is 9.96. The van der Waals surface area contributed by atoms with Gasteiger partial charge in [-0.05, 0) is 29.3 Å². The Hall–Kier alpha value is -3.39. The van der Waals surface area contributed by atoms with Crippen LogP contribution in [-0.4, -0.2) is 9.97 Å². The monoisotopic (exact) mass is 333 g/mol. The van der Waals surface area contributed by atoms with E-state index in [2.05, 4.69) is 21.8 Å². The first-order chi connectivity index (χ1) is 12.2. The molecule has 124 valence electrons. The average molecular weight is 333 g/mol. The van der Waals surface area contributed by atoms with E-state index in [0.717, 1.165) is 11.1 Å². The third-order valence-corrected chi connectivity index (χ3v) is 3.43. The zero-order valence-electron chi connectivity index (χ0n) is 13.4. The molecule has 5 heteroatoms. The number of hydrogen-bond donors (Lipinski definition) is 1. The van der Waals surface area contributed by atoms with Crippen LogP contribution in [0.25, 0.3) is 0 Å². The second kappa shape index (κ2) is 7.93. The first kappa shape index (κ1) is 16.5. The van der Waals surface area contributed by atoms with Crippen LogP contribution in [0, 0.1) is 17.8 Å². The lowest BCUT2D eigenvalue weighted by molar-refractivity contribution is 0.294. The number of halogens is 1. The number of anilines is 1. The Morgan fingerprint density at radius 2 is 1.80 bits per heavy atom. The summed E-state index contributed by atoms with van der Waals surface area (Å²) in [5.41, 5.74) is 7.73. The van der Waals surface area contributed by atoms with E-state index in [9.17, 15) is 4.39 Å². The SMILES string of the molecule is Nc1ccc(C#CCc2ccc(COc3ccccn3)cc2)c(F)n1. The largest absolute Gasteiger partial charge is 0.473 e. The van der Waals surface area contributed by atoms with Crippen molar-refractivity contribution in [3.05, 3.63) is 83.4 Å². The summed E-state index contributed by atoms with van der Waals surface area (Å²) in [6, 6.07) is 16.5. The number of ether oxygens (including phenoxy) is 1. The first-order valence-electron chi connectivity index (χ1n) is 7.73. The molecule has 3 aromatic rings. The first-order valence-corrected chi connectivity index (χ1v) is 7.73. The Morgan fingerprint density at radius 3 is 2.52 bits per heavy atom. The molecule has 2 heterocycles. The summed E-state index contributed by atoms with van der Waals surface area (Å²) in [6.07, 6.45) is 2.21. The van der Waals surface area contributed by atoms with Gasteiger partial charge >= 0.3 is 0 Å². The van der Waals surface area contributed by atoms with Crippen molar-refractivity contribution < 1.29 is 9.13 Å². The van der Waals surface area contributed by atoms with Crippen LogP contribution in [-0.2, 0) is 13.0 Å². The number of nitrogens with two attached hydrogens (primary N) is 1. The molecule has 25 heavy (non-hydrogen) atoms. The highest BCUT2D eigenvalue weighted by Gasteiger charge is 2.00. The topological polar surface area (TPSA) is 61.0 Å². The van der Waals surface area contributed by atoms with Gasteiger partial charge in [0.15, 0.2) is 0 Å². The zero-order chi connectivity index (χ0) is 17.5. The van der Waals surface area contributed by atoms with Crippen LogP contribution in [0.4, 0.5) is 10.2 Å². The number of nitrogen functional groups attached to an aromatic ring is 1. The van der Waals surface area contributed by atoms with Crippen molar-refractivity contribution >= 4 is 5.82 Å². The number of benzene rings is 1. The van der Waals surface area contributed by atoms with Crippen LogP contribution >= 0.6 is 0 Å². The van der Waals surface area contributed by atoms with Crippen LogP contribution in [0.3, 0.4) is 0 Å². The van der Waals surface area contributed by atoms with Crippen molar-refractivity contribution in [1.82, 2.24) is 9.97 Å². The standard InChI is InChI=1S/C20H16FN3O/c21-20-17(11-12-18(22)24-20)5-3-4-15-7-9-16(10-8-15)14-25-19-6-1-2-13-23-19/h1-2,6-13H,4,14H2,(H2,22,24). The highest BCUT2D eigenvalue weighted by atomic mass is 19.1. The van der Waals surface area contributed by atoms with Crippen LogP contribution < -0.4 is 10.5 Å². The lowest BCUT2D eigenvalue weighted by atomic mass is 10.1. The average Bonchev–Trinajstić information content (AvgIpc) is 2.64. The maximum atomic E-state index is 13.5. The molecule has 2 N–H and O–H groups in total. The van der Waals surface area contributed by atoms with Gasteiger partial charge in [-0.25, -0.2) is 9.97 Å². The molecule has 3 rings (SSSR count). The van der Waals surface area contributed by atoms with Crippen molar-refractivity contribution in [3.63, 3.8) is 0 Å². The molecule has 0 aliphatic heterocycles. The summed E-state index contributed by atoms with van der Waals surface area (Å²) < 4.78 is 19.1. The van der Waals surface area contributed by atoms with Gasteiger partial charge in [0.25, 0.3) is 0 Å². The van der Waals surface area contributed by atoms with Gasteiger partial charge in [0.05, 0.1) is 5.56 Å². The van der Waals surface area contributed by atoms with Gasteiger partial charge in [0, 0.05) is 18.7 Å². The van der Waals surface area contributed by atoms with Gasteiger partial charge in [-0.2, -0.15) is 4.39 Å². The molecule has 4 nitrogen and oxygen atoms in total. The van der Waals surface area contributed by atoms with Crippen LogP contribution in [0.5, 0.6) is 5.88 Å². The molecule has 0 radical (unpaired) electrons. The van der Waals surface area contributed by atoms with Crippen LogP contribution in [0.1, 0.15) is 16.7 Å². The summed E-state index contributed by atoms with van der Waals surface area (Å²) in [5, 5.41) is 0. The summed E-state index contributed by atoms with van der Waals surface area (Å²) in [7, 11) is 0. The maximum absolute atomic E-state index is 13.5. The number of rotatable bonds is 4. The van der Waals surface area contributed by atoms with E-state index in [0.29, 0.717) is 18.9 Å². The molecular weight excluding hydrogens is 317 g/mol. The molecule has 1 aromatic carbocycles. The van der Waals surface area contributed by atoms with Gasteiger partial charge < -0.3 is 10.5 Å². The molecule has 0 spiro atoms. The maximum Gasteiger partial charge on any atom is 0.230 e. The minimum atomic E-state index is -0.644. The van der Waals surface area contributed by atoms with Crippen LogP contribution in [0.2, 0.25) is 0 Å². The minimum Gasteiger partial charge on any atom is -0.473 e. The fourth-order valence-corrected chi connectivity index (χ4v) is 2.13. The van der Waals surface area contributed by atoms with Crippen molar-refractivity contribution in [1.29, 1.82) is 0 Å². The Labute approximate surface area is 145 Å². The fourth-order valence-electron chi connectivity index (χ4n) is 2.13. The third kappa shape index (κ3) is 4.79. The van der Waals surface area contributed by atoms with E-state index in [1.807, 2.05) is 42.5 Å². The number of pyridine rings is 2. The second-order valence-corrected chi connectivity index (χ2v) is 5.33. The number of nitrogens with zero attached hydrogens (tertiary/aromatic N) is 2. The summed E-state index contributed by atoms with van der Waals surface area (Å²) >= 11 is 0. The molecular formula is C20H16FN3O. The molecule has 2 aromatic heterocycles. The lowest BCUT2D eigenvalue weighted by Crippen LogP contribution is -1.97. The molecule has 0 atom stereocenters. The van der Waals surface area contributed by atoms with Crippen molar-refractivity contribution in [2.24, 2.45) is 0 Å². The quantitative estimate of drug-likeness (QED) is 0.587. The molecule has 0 unspecified atom stereocenters. The lowest BCUT2D eigenvalue weighted by Gasteiger charge is -2.05. The zero-order valence-corrected chi connectivity index (χ0v) is 13.4. The number of hydrogen-bond acceptors (Lipinski definition) is 4. The molecule has 0 fully saturated rings. The van der Waals surface area contributed by atoms with Crippen molar-refractivity contribution in [3.8, 4) is 17.7 Å². The van der Waals surface area contributed by atoms with E-state index in [-0.39, 0.29) is 11.4 Å². The van der Waals surface area contributed by atoms with Gasteiger partial charge in [0.1, 0.15) is 12.4 Å². The molecule has 0 aliphatic carbocycles. The van der Waals surface area contributed by atoms with Crippen molar-refractivity contribution in [2.75, 3.05) is 5.73 Å².